The summed E-state index contributed by atoms with van der Waals surface area (Å²) in [6, 6.07) is 8.72. The maximum absolute atomic E-state index is 3.66. The van der Waals surface area contributed by atoms with Gasteiger partial charge in [0, 0.05) is 30.2 Å². The van der Waals surface area contributed by atoms with Crippen LogP contribution in [0.2, 0.25) is 0 Å². The summed E-state index contributed by atoms with van der Waals surface area (Å²) in [5.74, 6) is 0.843. The Labute approximate surface area is 121 Å². The van der Waals surface area contributed by atoms with Crippen LogP contribution in [0.1, 0.15) is 25.3 Å². The fourth-order valence-electron chi connectivity index (χ4n) is 3.22. The molecule has 1 aromatic carbocycles. The van der Waals surface area contributed by atoms with E-state index in [1.807, 2.05) is 0 Å². The molecule has 0 amide bonds. The Bertz CT molecular complexity index is 552. The van der Waals surface area contributed by atoms with Gasteiger partial charge in [-0.3, -0.25) is 0 Å². The van der Waals surface area contributed by atoms with Crippen LogP contribution in [-0.2, 0) is 13.1 Å². The van der Waals surface area contributed by atoms with Crippen molar-refractivity contribution in [2.45, 2.75) is 32.9 Å². The molecule has 2 heterocycles. The van der Waals surface area contributed by atoms with Crippen LogP contribution in [0.5, 0.6) is 0 Å². The lowest BCUT2D eigenvalue weighted by molar-refractivity contribution is 0.356. The van der Waals surface area contributed by atoms with E-state index in [0.717, 1.165) is 25.6 Å². The van der Waals surface area contributed by atoms with Gasteiger partial charge >= 0.3 is 0 Å². The predicted molar refractivity (Wildman–Crippen MR) is 84.9 cm³/mol. The highest BCUT2D eigenvalue weighted by Crippen LogP contribution is 2.21. The van der Waals surface area contributed by atoms with Crippen LogP contribution in [0.4, 0.5) is 0 Å². The molecular formula is C17H25N3. The van der Waals surface area contributed by atoms with E-state index in [9.17, 15) is 0 Å². The Morgan fingerprint density at radius 3 is 2.85 bits per heavy atom. The van der Waals surface area contributed by atoms with Crippen LogP contribution in [-0.4, -0.2) is 24.2 Å². The molecule has 3 rings (SSSR count). The average molecular weight is 271 g/mol. The fourth-order valence-corrected chi connectivity index (χ4v) is 3.22. The molecule has 0 spiro atoms. The molecule has 20 heavy (non-hydrogen) atoms. The molecule has 1 aliphatic rings. The minimum atomic E-state index is 0.843. The maximum atomic E-state index is 3.66. The first-order valence-corrected chi connectivity index (χ1v) is 7.86. The van der Waals surface area contributed by atoms with E-state index in [1.54, 1.807) is 0 Å². The number of hydrogen-bond acceptors (Lipinski definition) is 2. The average Bonchev–Trinajstić information content (AvgIpc) is 2.87. The highest BCUT2D eigenvalue weighted by molar-refractivity contribution is 5.83. The van der Waals surface area contributed by atoms with Gasteiger partial charge in [0.1, 0.15) is 0 Å². The summed E-state index contributed by atoms with van der Waals surface area (Å²) >= 11 is 0. The van der Waals surface area contributed by atoms with Gasteiger partial charge in [0.05, 0.1) is 0 Å². The van der Waals surface area contributed by atoms with Crippen LogP contribution in [0.15, 0.2) is 30.5 Å². The summed E-state index contributed by atoms with van der Waals surface area (Å²) in [6.07, 6.45) is 4.92. The van der Waals surface area contributed by atoms with Crippen molar-refractivity contribution in [3.05, 3.63) is 36.0 Å². The highest BCUT2D eigenvalue weighted by Gasteiger charge is 2.13. The highest BCUT2D eigenvalue weighted by atomic mass is 15.0. The van der Waals surface area contributed by atoms with E-state index < -0.39 is 0 Å². The first-order valence-electron chi connectivity index (χ1n) is 7.86. The zero-order chi connectivity index (χ0) is 13.8. The summed E-state index contributed by atoms with van der Waals surface area (Å²) in [5, 5.41) is 8.48. The van der Waals surface area contributed by atoms with Gasteiger partial charge in [-0.1, -0.05) is 18.2 Å². The maximum Gasteiger partial charge on any atom is 0.0483 e. The SMILES string of the molecule is CCn1cc(CNCC2CCNCC2)c2ccccc21. The first-order chi connectivity index (χ1) is 9.88. The second kappa shape index (κ2) is 6.42. The number of rotatable bonds is 5. The van der Waals surface area contributed by atoms with Crippen molar-refractivity contribution < 1.29 is 0 Å². The van der Waals surface area contributed by atoms with E-state index in [0.29, 0.717) is 0 Å². The Kier molecular flexibility index (Phi) is 4.38. The molecule has 1 saturated heterocycles. The third-order valence-electron chi connectivity index (χ3n) is 4.42. The molecule has 3 heteroatoms. The van der Waals surface area contributed by atoms with Crippen LogP contribution in [0.25, 0.3) is 10.9 Å². The minimum absolute atomic E-state index is 0.843. The van der Waals surface area contributed by atoms with Crippen LogP contribution in [0, 0.1) is 5.92 Å². The van der Waals surface area contributed by atoms with E-state index >= 15 is 0 Å². The fraction of sp³-hybridized carbons (Fsp3) is 0.529. The molecule has 2 aromatic rings. The third-order valence-corrected chi connectivity index (χ3v) is 4.42. The topological polar surface area (TPSA) is 29.0 Å². The number of aryl methyl sites for hydroxylation is 1. The molecule has 1 fully saturated rings. The molecule has 1 aromatic heterocycles. The van der Waals surface area contributed by atoms with Gasteiger partial charge in [0.25, 0.3) is 0 Å². The van der Waals surface area contributed by atoms with E-state index in [4.69, 9.17) is 0 Å². The van der Waals surface area contributed by atoms with E-state index in [2.05, 4.69) is 52.6 Å². The second-order valence-electron chi connectivity index (χ2n) is 5.78. The quantitative estimate of drug-likeness (QED) is 0.875. The Hall–Kier alpha value is -1.32. The molecule has 0 atom stereocenters. The Morgan fingerprint density at radius 1 is 1.25 bits per heavy atom. The number of fused-ring (bicyclic) bond motifs is 1. The summed E-state index contributed by atoms with van der Waals surface area (Å²) in [7, 11) is 0. The molecule has 3 nitrogen and oxygen atoms in total. The lowest BCUT2D eigenvalue weighted by Crippen LogP contribution is -2.33. The molecule has 0 unspecified atom stereocenters. The largest absolute Gasteiger partial charge is 0.347 e. The standard InChI is InChI=1S/C17H25N3/c1-2-20-13-15(16-5-3-4-6-17(16)20)12-19-11-14-7-9-18-10-8-14/h3-6,13-14,18-19H,2,7-12H2,1H3. The predicted octanol–water partition coefficient (Wildman–Crippen LogP) is 2.75. The van der Waals surface area contributed by atoms with Gasteiger partial charge in [-0.2, -0.15) is 0 Å². The van der Waals surface area contributed by atoms with Gasteiger partial charge in [0.15, 0.2) is 0 Å². The molecule has 0 radical (unpaired) electrons. The Balaban J connectivity index is 1.65. The molecule has 0 aliphatic carbocycles. The lowest BCUT2D eigenvalue weighted by atomic mass is 9.98. The zero-order valence-corrected chi connectivity index (χ0v) is 12.4. The van der Waals surface area contributed by atoms with Crippen molar-refractivity contribution >= 4 is 10.9 Å². The summed E-state index contributed by atoms with van der Waals surface area (Å²) in [4.78, 5) is 0. The molecule has 1 aliphatic heterocycles. The lowest BCUT2D eigenvalue weighted by Gasteiger charge is -2.22. The number of hydrogen-bond donors (Lipinski definition) is 2. The number of aromatic nitrogens is 1. The summed E-state index contributed by atoms with van der Waals surface area (Å²) in [5.41, 5.74) is 2.78. The first kappa shape index (κ1) is 13.7. The van der Waals surface area contributed by atoms with Crippen LogP contribution >= 0.6 is 0 Å². The monoisotopic (exact) mass is 271 g/mol. The Morgan fingerprint density at radius 2 is 2.05 bits per heavy atom. The molecule has 0 saturated carbocycles. The number of nitrogens with zero attached hydrogens (tertiary/aromatic N) is 1. The van der Waals surface area contributed by atoms with Gasteiger partial charge < -0.3 is 15.2 Å². The van der Waals surface area contributed by atoms with Gasteiger partial charge in [0.2, 0.25) is 0 Å². The van der Waals surface area contributed by atoms with Crippen molar-refractivity contribution in [2.24, 2.45) is 5.92 Å². The molecule has 2 N–H and O–H groups in total. The number of nitrogens with one attached hydrogen (secondary N) is 2. The van der Waals surface area contributed by atoms with Crippen LogP contribution in [0.3, 0.4) is 0 Å². The minimum Gasteiger partial charge on any atom is -0.347 e. The van der Waals surface area contributed by atoms with E-state index in [1.165, 1.54) is 42.4 Å². The van der Waals surface area contributed by atoms with Crippen molar-refractivity contribution in [3.63, 3.8) is 0 Å². The van der Waals surface area contributed by atoms with Crippen LogP contribution < -0.4 is 10.6 Å². The number of piperidine rings is 1. The molecule has 0 bridgehead atoms. The second-order valence-corrected chi connectivity index (χ2v) is 5.78. The molecule has 108 valence electrons. The van der Waals surface area contributed by atoms with Crippen molar-refractivity contribution in [1.82, 2.24) is 15.2 Å². The van der Waals surface area contributed by atoms with Crippen molar-refractivity contribution in [2.75, 3.05) is 19.6 Å². The molecular weight excluding hydrogens is 246 g/mol. The third kappa shape index (κ3) is 2.89. The smallest absolute Gasteiger partial charge is 0.0483 e. The summed E-state index contributed by atoms with van der Waals surface area (Å²) in [6.45, 7) is 7.74. The summed E-state index contributed by atoms with van der Waals surface area (Å²) < 4.78 is 2.34. The van der Waals surface area contributed by atoms with Crippen molar-refractivity contribution in [3.8, 4) is 0 Å². The zero-order valence-electron chi connectivity index (χ0n) is 12.4. The van der Waals surface area contributed by atoms with Gasteiger partial charge in [-0.15, -0.1) is 0 Å². The van der Waals surface area contributed by atoms with Gasteiger partial charge in [-0.25, -0.2) is 0 Å². The normalized spacial score (nSPS) is 16.9. The van der Waals surface area contributed by atoms with E-state index in [-0.39, 0.29) is 0 Å². The van der Waals surface area contributed by atoms with Gasteiger partial charge in [-0.05, 0) is 56.9 Å². The number of benzene rings is 1. The van der Waals surface area contributed by atoms with Crippen molar-refractivity contribution in [1.29, 1.82) is 0 Å². The number of para-hydroxylation sites is 1.